The molecule has 1 N–H and O–H groups in total. The number of carbonyl (C=O) groups is 2. The Bertz CT molecular complexity index is 864. The minimum Gasteiger partial charge on any atom is -0.478 e. The molecular weight excluding hydrogens is 352 g/mol. The van der Waals surface area contributed by atoms with E-state index in [9.17, 15) is 9.59 Å². The van der Waals surface area contributed by atoms with Crippen LogP contribution in [0.3, 0.4) is 0 Å². The van der Waals surface area contributed by atoms with Crippen molar-refractivity contribution < 1.29 is 19.4 Å². The standard InChI is InChI=1S/C17H14O4.C7H10/c1-12-2-7-14(8-3-12)17(20)21-15-9-4-13(5-10-15)6-11-16(18)19;1-2-7-4-3-6(1)5-7/h2-11H,1H3,(H,18,19);1-2,6-7H,3-5H2. The topological polar surface area (TPSA) is 63.6 Å². The van der Waals surface area contributed by atoms with Gasteiger partial charge in [-0.3, -0.25) is 0 Å². The molecule has 0 radical (unpaired) electrons. The SMILES string of the molecule is C1=CC2CCC1C2.Cc1ccc(C(=O)Oc2ccc(C=CC(=O)O)cc2)cc1. The molecule has 2 bridgehead atoms. The molecule has 0 spiro atoms. The highest BCUT2D eigenvalue weighted by atomic mass is 16.5. The van der Waals surface area contributed by atoms with Crippen molar-refractivity contribution in [3.8, 4) is 5.75 Å². The molecule has 0 aromatic heterocycles. The minimum absolute atomic E-state index is 0.410. The number of carbonyl (C=O) groups excluding carboxylic acids is 1. The highest BCUT2D eigenvalue weighted by Crippen LogP contribution is 2.38. The Morgan fingerprint density at radius 2 is 1.57 bits per heavy atom. The number of carboxylic acid groups (broad SMARTS) is 1. The van der Waals surface area contributed by atoms with Crippen LogP contribution in [-0.4, -0.2) is 17.0 Å². The number of fused-ring (bicyclic) bond motifs is 2. The van der Waals surface area contributed by atoms with Gasteiger partial charge < -0.3 is 9.84 Å². The Balaban J connectivity index is 0.000000264. The second-order valence-electron chi connectivity index (χ2n) is 7.21. The lowest BCUT2D eigenvalue weighted by Gasteiger charge is -2.05. The maximum absolute atomic E-state index is 11.9. The molecule has 0 heterocycles. The number of esters is 1. The molecule has 1 saturated carbocycles. The molecule has 0 aliphatic heterocycles. The maximum Gasteiger partial charge on any atom is 0.343 e. The fourth-order valence-corrected chi connectivity index (χ4v) is 3.39. The monoisotopic (exact) mass is 376 g/mol. The number of carboxylic acids is 1. The first kappa shape index (κ1) is 19.6. The summed E-state index contributed by atoms with van der Waals surface area (Å²) in [4.78, 5) is 22.3. The third-order valence-electron chi connectivity index (χ3n) is 4.97. The van der Waals surface area contributed by atoms with Crippen LogP contribution in [0.15, 0.2) is 66.8 Å². The lowest BCUT2D eigenvalue weighted by molar-refractivity contribution is -0.131. The summed E-state index contributed by atoms with van der Waals surface area (Å²) in [6.07, 6.45) is 11.7. The first-order valence-corrected chi connectivity index (χ1v) is 9.48. The Kier molecular flexibility index (Phi) is 6.43. The summed E-state index contributed by atoms with van der Waals surface area (Å²) < 4.78 is 5.24. The summed E-state index contributed by atoms with van der Waals surface area (Å²) in [7, 11) is 0. The van der Waals surface area contributed by atoms with Crippen LogP contribution >= 0.6 is 0 Å². The number of ether oxygens (including phenoxy) is 1. The van der Waals surface area contributed by atoms with Crippen molar-refractivity contribution in [3.63, 3.8) is 0 Å². The van der Waals surface area contributed by atoms with Gasteiger partial charge in [-0.15, -0.1) is 0 Å². The van der Waals surface area contributed by atoms with Crippen LogP contribution in [0.25, 0.3) is 6.08 Å². The smallest absolute Gasteiger partial charge is 0.343 e. The molecule has 2 aliphatic rings. The van der Waals surface area contributed by atoms with Gasteiger partial charge in [0, 0.05) is 6.08 Å². The number of aryl methyl sites for hydroxylation is 1. The van der Waals surface area contributed by atoms with Gasteiger partial charge >= 0.3 is 11.9 Å². The van der Waals surface area contributed by atoms with Crippen molar-refractivity contribution in [2.45, 2.75) is 26.2 Å². The van der Waals surface area contributed by atoms with E-state index in [0.29, 0.717) is 16.9 Å². The van der Waals surface area contributed by atoms with Gasteiger partial charge in [0.05, 0.1) is 5.56 Å². The van der Waals surface area contributed by atoms with Gasteiger partial charge in [-0.1, -0.05) is 42.0 Å². The van der Waals surface area contributed by atoms with E-state index < -0.39 is 11.9 Å². The van der Waals surface area contributed by atoms with Crippen LogP contribution in [0.4, 0.5) is 0 Å². The van der Waals surface area contributed by atoms with Crippen molar-refractivity contribution in [2.24, 2.45) is 11.8 Å². The van der Waals surface area contributed by atoms with Crippen molar-refractivity contribution >= 4 is 18.0 Å². The third kappa shape index (κ3) is 5.68. The molecule has 144 valence electrons. The summed E-state index contributed by atoms with van der Waals surface area (Å²) in [5.41, 5.74) is 2.27. The second kappa shape index (κ2) is 9.18. The molecule has 2 aromatic rings. The van der Waals surface area contributed by atoms with Crippen LogP contribution in [0.5, 0.6) is 5.75 Å². The lowest BCUT2D eigenvalue weighted by Crippen LogP contribution is -2.08. The normalized spacial score (nSPS) is 19.3. The molecule has 0 amide bonds. The van der Waals surface area contributed by atoms with Crippen LogP contribution in [0.2, 0.25) is 0 Å². The van der Waals surface area contributed by atoms with Gasteiger partial charge in [0.1, 0.15) is 5.75 Å². The van der Waals surface area contributed by atoms with E-state index in [1.54, 1.807) is 36.4 Å². The van der Waals surface area contributed by atoms with Gasteiger partial charge in [-0.2, -0.15) is 0 Å². The zero-order chi connectivity index (χ0) is 19.9. The van der Waals surface area contributed by atoms with Crippen LogP contribution in [-0.2, 0) is 4.79 Å². The van der Waals surface area contributed by atoms with Crippen LogP contribution in [0, 0.1) is 18.8 Å². The molecule has 2 atom stereocenters. The van der Waals surface area contributed by atoms with Crippen LogP contribution < -0.4 is 4.74 Å². The predicted octanol–water partition coefficient (Wildman–Crippen LogP) is 5.28. The number of benzene rings is 2. The summed E-state index contributed by atoms with van der Waals surface area (Å²) >= 11 is 0. The molecule has 2 aliphatic carbocycles. The Morgan fingerprint density at radius 3 is 2.04 bits per heavy atom. The van der Waals surface area contributed by atoms with E-state index >= 15 is 0 Å². The number of hydrogen-bond acceptors (Lipinski definition) is 3. The quantitative estimate of drug-likeness (QED) is 0.341. The molecule has 1 fully saturated rings. The van der Waals surface area contributed by atoms with Gasteiger partial charge in [0.15, 0.2) is 0 Å². The van der Waals surface area contributed by atoms with E-state index in [4.69, 9.17) is 9.84 Å². The van der Waals surface area contributed by atoms with Gasteiger partial charge in [0.2, 0.25) is 0 Å². The highest BCUT2D eigenvalue weighted by molar-refractivity contribution is 5.91. The van der Waals surface area contributed by atoms with Crippen molar-refractivity contribution in [1.82, 2.24) is 0 Å². The van der Waals surface area contributed by atoms with E-state index in [-0.39, 0.29) is 0 Å². The van der Waals surface area contributed by atoms with Crippen molar-refractivity contribution in [2.75, 3.05) is 0 Å². The molecule has 2 unspecified atom stereocenters. The fraction of sp³-hybridized carbons (Fsp3) is 0.250. The maximum atomic E-state index is 11.9. The van der Waals surface area contributed by atoms with E-state index in [1.807, 2.05) is 19.1 Å². The van der Waals surface area contributed by atoms with Gasteiger partial charge in [-0.05, 0) is 73.9 Å². The van der Waals surface area contributed by atoms with E-state index in [2.05, 4.69) is 12.2 Å². The Morgan fingerprint density at radius 1 is 0.964 bits per heavy atom. The fourth-order valence-electron chi connectivity index (χ4n) is 3.39. The van der Waals surface area contributed by atoms with Gasteiger partial charge in [-0.25, -0.2) is 9.59 Å². The summed E-state index contributed by atoms with van der Waals surface area (Å²) in [5.74, 6) is 0.955. The summed E-state index contributed by atoms with van der Waals surface area (Å²) in [5, 5.41) is 8.54. The third-order valence-corrected chi connectivity index (χ3v) is 4.97. The van der Waals surface area contributed by atoms with E-state index in [1.165, 1.54) is 25.3 Å². The first-order valence-electron chi connectivity index (χ1n) is 9.48. The number of hydrogen-bond donors (Lipinski definition) is 1. The lowest BCUT2D eigenvalue weighted by atomic mass is 10.1. The first-order chi connectivity index (χ1) is 13.5. The zero-order valence-corrected chi connectivity index (χ0v) is 15.9. The van der Waals surface area contributed by atoms with Crippen molar-refractivity contribution in [1.29, 1.82) is 0 Å². The number of rotatable bonds is 4. The largest absolute Gasteiger partial charge is 0.478 e. The molecule has 0 saturated heterocycles. The minimum atomic E-state index is -1.01. The average Bonchev–Trinajstić information content (AvgIpc) is 3.34. The molecule has 28 heavy (non-hydrogen) atoms. The van der Waals surface area contributed by atoms with E-state index in [0.717, 1.165) is 23.5 Å². The Labute approximate surface area is 165 Å². The Hall–Kier alpha value is -3.14. The summed E-state index contributed by atoms with van der Waals surface area (Å²) in [6, 6.07) is 13.7. The van der Waals surface area contributed by atoms with Gasteiger partial charge in [0.25, 0.3) is 0 Å². The predicted molar refractivity (Wildman–Crippen MR) is 109 cm³/mol. The molecule has 2 aromatic carbocycles. The number of aliphatic carboxylic acids is 1. The average molecular weight is 376 g/mol. The van der Waals surface area contributed by atoms with Crippen LogP contribution in [0.1, 0.15) is 40.7 Å². The summed E-state index contributed by atoms with van der Waals surface area (Å²) in [6.45, 7) is 1.94. The number of allylic oxidation sites excluding steroid dienone is 2. The van der Waals surface area contributed by atoms with Crippen molar-refractivity contribution in [3.05, 3.63) is 83.4 Å². The highest BCUT2D eigenvalue weighted by Gasteiger charge is 2.25. The molecule has 4 nitrogen and oxygen atoms in total. The molecular formula is C24H24O4. The molecule has 4 rings (SSSR count). The second-order valence-corrected chi connectivity index (χ2v) is 7.21. The molecule has 4 heteroatoms. The zero-order valence-electron chi connectivity index (χ0n) is 15.9.